The predicted molar refractivity (Wildman–Crippen MR) is 42.5 cm³/mol. The number of rotatable bonds is 0. The maximum atomic E-state index is 4.69. The van der Waals surface area contributed by atoms with Crippen molar-refractivity contribution in [2.75, 3.05) is 0 Å². The highest BCUT2D eigenvalue weighted by Gasteiger charge is 2.15. The minimum absolute atomic E-state index is 0. The van der Waals surface area contributed by atoms with Crippen molar-refractivity contribution in [2.24, 2.45) is 0 Å². The molecular weight excluding hydrogens is 150 g/mol. The van der Waals surface area contributed by atoms with Crippen molar-refractivity contribution in [3.63, 3.8) is 0 Å². The molecule has 2 nitrogen and oxygen atoms in total. The third-order valence-corrected chi connectivity index (χ3v) is 1.21. The Kier molecular flexibility index (Phi) is 2.91. The third kappa shape index (κ3) is 2.03. The fourth-order valence-electron chi connectivity index (χ4n) is 0.599. The first-order chi connectivity index (χ1) is 4.11. The van der Waals surface area contributed by atoms with E-state index in [4.69, 9.17) is 4.52 Å². The number of aromatic nitrogens is 1. The number of hydrogen-bond acceptors (Lipinski definition) is 2. The lowest BCUT2D eigenvalue weighted by Crippen LogP contribution is -2.10. The number of nitrogens with zero attached hydrogens (tertiary/aromatic N) is 1. The maximum Gasteiger partial charge on any atom is 0.124 e. The average molecular weight is 162 g/mol. The summed E-state index contributed by atoms with van der Waals surface area (Å²) in [5.41, 5.74) is 1.12. The minimum Gasteiger partial charge on any atom is -0.364 e. The normalized spacial score (nSPS) is 10.7. The van der Waals surface area contributed by atoms with Crippen molar-refractivity contribution in [1.82, 2.24) is 5.16 Å². The van der Waals surface area contributed by atoms with E-state index in [1.54, 1.807) is 6.26 Å². The molecule has 0 N–H and O–H groups in total. The summed E-state index contributed by atoms with van der Waals surface area (Å²) in [6.45, 7) is 6.31. The summed E-state index contributed by atoms with van der Waals surface area (Å²) in [6.07, 6.45) is 1.60. The van der Waals surface area contributed by atoms with Gasteiger partial charge in [-0.15, -0.1) is 12.4 Å². The van der Waals surface area contributed by atoms with E-state index >= 15 is 0 Å². The van der Waals surface area contributed by atoms with Gasteiger partial charge in [0, 0.05) is 11.5 Å². The fraction of sp³-hybridized carbons (Fsp3) is 0.571. The molecule has 0 unspecified atom stereocenters. The Hall–Kier alpha value is -0.500. The number of halogens is 1. The molecule has 1 rings (SSSR count). The monoisotopic (exact) mass is 161 g/mol. The van der Waals surface area contributed by atoms with Gasteiger partial charge in [-0.25, -0.2) is 0 Å². The zero-order valence-electron chi connectivity index (χ0n) is 6.42. The minimum atomic E-state index is 0. The molecule has 58 valence electrons. The Morgan fingerprint density at radius 3 is 2.20 bits per heavy atom. The van der Waals surface area contributed by atoms with Crippen LogP contribution >= 0.6 is 12.4 Å². The first kappa shape index (κ1) is 9.50. The van der Waals surface area contributed by atoms with Crippen molar-refractivity contribution < 1.29 is 4.52 Å². The van der Waals surface area contributed by atoms with Gasteiger partial charge in [0.25, 0.3) is 0 Å². The zero-order valence-corrected chi connectivity index (χ0v) is 7.23. The number of hydrogen-bond donors (Lipinski definition) is 0. The Morgan fingerprint density at radius 2 is 2.00 bits per heavy atom. The molecule has 0 amide bonds. The van der Waals surface area contributed by atoms with E-state index in [2.05, 4.69) is 25.9 Å². The summed E-state index contributed by atoms with van der Waals surface area (Å²) >= 11 is 0. The average Bonchev–Trinajstić information content (AvgIpc) is 2.08. The van der Waals surface area contributed by atoms with Crippen LogP contribution in [0.4, 0.5) is 0 Å². The summed E-state index contributed by atoms with van der Waals surface area (Å²) in [5.74, 6) is 0. The van der Waals surface area contributed by atoms with Gasteiger partial charge in [-0.05, 0) is 0 Å². The second kappa shape index (κ2) is 3.06. The van der Waals surface area contributed by atoms with Crippen LogP contribution in [0.1, 0.15) is 26.5 Å². The smallest absolute Gasteiger partial charge is 0.124 e. The molecule has 0 aliphatic rings. The molecular formula is C7H12ClNO. The second-order valence-corrected chi connectivity index (χ2v) is 3.13. The van der Waals surface area contributed by atoms with Crippen molar-refractivity contribution in [3.05, 3.63) is 18.0 Å². The molecule has 0 aliphatic carbocycles. The van der Waals surface area contributed by atoms with Crippen LogP contribution in [0.2, 0.25) is 0 Å². The quantitative estimate of drug-likeness (QED) is 0.584. The Balaban J connectivity index is 0.000000810. The molecule has 1 aromatic heterocycles. The molecule has 10 heavy (non-hydrogen) atoms. The van der Waals surface area contributed by atoms with Crippen molar-refractivity contribution in [2.45, 2.75) is 26.2 Å². The second-order valence-electron chi connectivity index (χ2n) is 3.13. The molecule has 0 aliphatic heterocycles. The molecule has 0 saturated heterocycles. The molecule has 0 fully saturated rings. The predicted octanol–water partition coefficient (Wildman–Crippen LogP) is 2.39. The lowest BCUT2D eigenvalue weighted by molar-refractivity contribution is 0.393. The standard InChI is InChI=1S/C7H11NO.ClH/c1-7(2,3)6-4-5-9-8-6;/h4-5H,1-3H3;1H. The Morgan fingerprint density at radius 1 is 1.40 bits per heavy atom. The molecule has 0 atom stereocenters. The highest BCUT2D eigenvalue weighted by Crippen LogP contribution is 2.18. The summed E-state index contributed by atoms with van der Waals surface area (Å²) in [5, 5.41) is 3.81. The SMILES string of the molecule is CC(C)(C)c1ccon1.Cl. The molecule has 0 bridgehead atoms. The van der Waals surface area contributed by atoms with Gasteiger partial charge < -0.3 is 4.52 Å². The fourth-order valence-corrected chi connectivity index (χ4v) is 0.599. The lowest BCUT2D eigenvalue weighted by atomic mass is 9.93. The van der Waals surface area contributed by atoms with E-state index in [0.29, 0.717) is 0 Å². The van der Waals surface area contributed by atoms with Gasteiger partial charge in [-0.3, -0.25) is 0 Å². The van der Waals surface area contributed by atoms with Crippen LogP contribution in [0.5, 0.6) is 0 Å². The van der Waals surface area contributed by atoms with Crippen LogP contribution in [0.3, 0.4) is 0 Å². The van der Waals surface area contributed by atoms with E-state index in [0.717, 1.165) is 5.69 Å². The van der Waals surface area contributed by atoms with Crippen LogP contribution < -0.4 is 0 Å². The van der Waals surface area contributed by atoms with Gasteiger partial charge in [0.15, 0.2) is 0 Å². The molecule has 0 spiro atoms. The topological polar surface area (TPSA) is 26.0 Å². The molecule has 1 heterocycles. The van der Waals surface area contributed by atoms with Gasteiger partial charge >= 0.3 is 0 Å². The van der Waals surface area contributed by atoms with Crippen molar-refractivity contribution >= 4 is 12.4 Å². The lowest BCUT2D eigenvalue weighted by Gasteiger charge is -2.12. The van der Waals surface area contributed by atoms with E-state index in [9.17, 15) is 0 Å². The molecule has 0 radical (unpaired) electrons. The van der Waals surface area contributed by atoms with Crippen molar-refractivity contribution in [3.8, 4) is 0 Å². The molecule has 0 aromatic carbocycles. The highest BCUT2D eigenvalue weighted by atomic mass is 35.5. The first-order valence-electron chi connectivity index (χ1n) is 3.01. The Bertz CT molecular complexity index is 176. The zero-order chi connectivity index (χ0) is 6.91. The van der Waals surface area contributed by atoms with Crippen LogP contribution in [0.25, 0.3) is 0 Å². The van der Waals surface area contributed by atoms with Gasteiger partial charge in [-0.1, -0.05) is 25.9 Å². The molecule has 3 heteroatoms. The van der Waals surface area contributed by atoms with E-state index < -0.39 is 0 Å². The summed E-state index contributed by atoms with van der Waals surface area (Å²) in [7, 11) is 0. The highest BCUT2D eigenvalue weighted by molar-refractivity contribution is 5.85. The summed E-state index contributed by atoms with van der Waals surface area (Å²) in [6, 6.07) is 1.89. The first-order valence-corrected chi connectivity index (χ1v) is 3.01. The summed E-state index contributed by atoms with van der Waals surface area (Å²) in [4.78, 5) is 0. The maximum absolute atomic E-state index is 4.69. The molecule has 1 aromatic rings. The Labute approximate surface area is 67.0 Å². The summed E-state index contributed by atoms with van der Waals surface area (Å²) < 4.78 is 4.69. The van der Waals surface area contributed by atoms with Gasteiger partial charge in [0.2, 0.25) is 0 Å². The van der Waals surface area contributed by atoms with Gasteiger partial charge in [0.1, 0.15) is 6.26 Å². The van der Waals surface area contributed by atoms with Gasteiger partial charge in [0.05, 0.1) is 5.69 Å². The van der Waals surface area contributed by atoms with E-state index in [-0.39, 0.29) is 17.8 Å². The largest absolute Gasteiger partial charge is 0.364 e. The van der Waals surface area contributed by atoms with Crippen LogP contribution in [0.15, 0.2) is 16.9 Å². The van der Waals surface area contributed by atoms with Crippen LogP contribution in [-0.2, 0) is 5.41 Å². The van der Waals surface area contributed by atoms with Gasteiger partial charge in [-0.2, -0.15) is 0 Å². The van der Waals surface area contributed by atoms with E-state index in [1.165, 1.54) is 0 Å². The van der Waals surface area contributed by atoms with Crippen molar-refractivity contribution in [1.29, 1.82) is 0 Å². The van der Waals surface area contributed by atoms with E-state index in [1.807, 2.05) is 6.07 Å². The molecule has 0 saturated carbocycles. The third-order valence-electron chi connectivity index (χ3n) is 1.21. The van der Waals surface area contributed by atoms with Crippen LogP contribution in [0, 0.1) is 0 Å². The van der Waals surface area contributed by atoms with Crippen LogP contribution in [-0.4, -0.2) is 5.16 Å².